The average molecular weight is 531 g/mol. The Morgan fingerprint density at radius 3 is 2.69 bits per heavy atom. The van der Waals surface area contributed by atoms with E-state index in [1.807, 2.05) is 25.3 Å². The van der Waals surface area contributed by atoms with E-state index in [9.17, 15) is 13.2 Å². The van der Waals surface area contributed by atoms with Crippen LogP contribution < -0.4 is 10.2 Å². The lowest BCUT2D eigenvalue weighted by molar-refractivity contribution is -0.0328. The summed E-state index contributed by atoms with van der Waals surface area (Å²) in [5.41, 5.74) is -0.903. The second-order valence-corrected chi connectivity index (χ2v) is 11.4. The number of benzene rings is 1. The van der Waals surface area contributed by atoms with Gasteiger partial charge in [-0.15, -0.1) is 5.10 Å². The third kappa shape index (κ3) is 4.78. The Labute approximate surface area is 215 Å². The summed E-state index contributed by atoms with van der Waals surface area (Å²) in [5.74, 6) is 1.82. The molecule has 0 amide bonds. The Hall–Kier alpha value is -2.79. The molecule has 6 nitrogen and oxygen atoms in total. The molecule has 1 saturated carbocycles. The van der Waals surface area contributed by atoms with Gasteiger partial charge in [-0.05, 0) is 97.2 Å². The van der Waals surface area contributed by atoms with E-state index in [1.165, 1.54) is 23.6 Å². The van der Waals surface area contributed by atoms with Crippen molar-refractivity contribution in [2.45, 2.75) is 42.6 Å². The predicted molar refractivity (Wildman–Crippen MR) is 138 cm³/mol. The average Bonchev–Trinajstić information content (AvgIpc) is 3.56. The van der Waals surface area contributed by atoms with Crippen molar-refractivity contribution in [1.29, 1.82) is 0 Å². The predicted octanol–water partition coefficient (Wildman–Crippen LogP) is 6.49. The van der Waals surface area contributed by atoms with E-state index in [2.05, 4.69) is 25.8 Å². The molecule has 1 saturated heterocycles. The van der Waals surface area contributed by atoms with Gasteiger partial charge in [0, 0.05) is 35.8 Å². The molecule has 3 atom stereocenters. The first-order valence-corrected chi connectivity index (χ1v) is 13.6. The van der Waals surface area contributed by atoms with E-state index < -0.39 is 5.51 Å². The lowest BCUT2D eigenvalue weighted by atomic mass is 9.86. The van der Waals surface area contributed by atoms with Crippen LogP contribution in [-0.2, 0) is 0 Å². The molecule has 0 bridgehead atoms. The van der Waals surface area contributed by atoms with E-state index in [-0.39, 0.29) is 16.7 Å². The largest absolute Gasteiger partial charge is 0.446 e. The zero-order chi connectivity index (χ0) is 24.9. The monoisotopic (exact) mass is 530 g/mol. The Bertz CT molecular complexity index is 1370. The Kier molecular flexibility index (Phi) is 6.07. The van der Waals surface area contributed by atoms with Crippen molar-refractivity contribution in [2.24, 2.45) is 11.8 Å². The topological polar surface area (TPSA) is 58.4 Å². The van der Waals surface area contributed by atoms with Crippen molar-refractivity contribution in [3.05, 3.63) is 54.4 Å². The molecule has 1 aromatic carbocycles. The van der Waals surface area contributed by atoms with Crippen molar-refractivity contribution in [2.75, 3.05) is 23.3 Å². The fraction of sp³-hybridized carbons (Fsp3) is 0.400. The molecule has 1 aliphatic heterocycles. The molecular weight excluding hydrogens is 505 g/mol. The molecule has 11 heteroatoms. The maximum atomic E-state index is 12.7. The van der Waals surface area contributed by atoms with Crippen molar-refractivity contribution in [3.8, 4) is 11.1 Å². The van der Waals surface area contributed by atoms with Crippen LogP contribution in [0.2, 0.25) is 0 Å². The minimum absolute atomic E-state index is 0.110. The van der Waals surface area contributed by atoms with Crippen LogP contribution in [0.15, 0.2) is 53.6 Å². The Morgan fingerprint density at radius 1 is 1.11 bits per heavy atom. The number of alkyl halides is 3. The number of rotatable bonds is 5. The molecule has 4 heterocycles. The smallest absolute Gasteiger partial charge is 0.362 e. The minimum Gasteiger partial charge on any atom is -0.362 e. The summed E-state index contributed by atoms with van der Waals surface area (Å²) in [4.78, 5) is 7.41. The molecule has 3 aromatic heterocycles. The lowest BCUT2D eigenvalue weighted by Gasteiger charge is -2.37. The summed E-state index contributed by atoms with van der Waals surface area (Å²) in [6.07, 6.45) is 5.24. The first kappa shape index (κ1) is 23.6. The zero-order valence-corrected chi connectivity index (χ0v) is 21.2. The molecule has 0 spiro atoms. The zero-order valence-electron chi connectivity index (χ0n) is 19.6. The molecule has 6 rings (SSSR count). The molecule has 4 aromatic rings. The molecule has 0 radical (unpaired) electrons. The van der Waals surface area contributed by atoms with E-state index in [4.69, 9.17) is 4.98 Å². The second kappa shape index (κ2) is 9.26. The van der Waals surface area contributed by atoms with Crippen LogP contribution in [0.1, 0.15) is 25.0 Å². The fourth-order valence-electron chi connectivity index (χ4n) is 5.57. The number of thioether (sulfide) groups is 1. The van der Waals surface area contributed by atoms with Crippen LogP contribution in [0.5, 0.6) is 0 Å². The third-order valence-corrected chi connectivity index (χ3v) is 8.84. The summed E-state index contributed by atoms with van der Waals surface area (Å²) in [5, 5.41) is 9.52. The van der Waals surface area contributed by atoms with Gasteiger partial charge in [-0.2, -0.15) is 22.5 Å². The highest BCUT2D eigenvalue weighted by molar-refractivity contribution is 8.00. The lowest BCUT2D eigenvalue weighted by Crippen LogP contribution is -2.42. The summed E-state index contributed by atoms with van der Waals surface area (Å²) in [7, 11) is 0. The van der Waals surface area contributed by atoms with Crippen molar-refractivity contribution >= 4 is 39.9 Å². The van der Waals surface area contributed by atoms with Crippen molar-refractivity contribution in [3.63, 3.8) is 0 Å². The second-order valence-electron chi connectivity index (χ2n) is 9.49. The maximum absolute atomic E-state index is 12.7. The molecule has 1 N–H and O–H groups in total. The number of fused-ring (bicyclic) bond motifs is 2. The molecule has 1 unspecified atom stereocenters. The summed E-state index contributed by atoms with van der Waals surface area (Å²) >= 11 is 1.48. The van der Waals surface area contributed by atoms with E-state index in [0.717, 1.165) is 42.8 Å². The number of aryl methyl sites for hydroxylation is 1. The van der Waals surface area contributed by atoms with Gasteiger partial charge >= 0.3 is 5.51 Å². The van der Waals surface area contributed by atoms with Crippen molar-refractivity contribution < 1.29 is 13.2 Å². The molecule has 2 aliphatic rings. The number of nitrogens with one attached hydrogen (secondary N) is 1. The maximum Gasteiger partial charge on any atom is 0.446 e. The van der Waals surface area contributed by atoms with Crippen LogP contribution >= 0.6 is 23.3 Å². The first-order chi connectivity index (χ1) is 17.3. The summed E-state index contributed by atoms with van der Waals surface area (Å²) in [6, 6.07) is 12.7. The SMILES string of the molecule is Cc1cc(N2CC[C@H]3C(CC[C@H]3Nc3nc4c(-c5ccc(SC(F)(F)F)cc5)cccn4n3)C2)sn1. The number of hydrogen-bond donors (Lipinski definition) is 1. The van der Waals surface area contributed by atoms with Gasteiger partial charge in [0.25, 0.3) is 0 Å². The van der Waals surface area contributed by atoms with E-state index in [1.54, 1.807) is 28.2 Å². The van der Waals surface area contributed by atoms with Gasteiger partial charge in [0.15, 0.2) is 5.65 Å². The number of hydrogen-bond acceptors (Lipinski definition) is 7. The van der Waals surface area contributed by atoms with Gasteiger partial charge in [-0.25, -0.2) is 4.52 Å². The van der Waals surface area contributed by atoms with Gasteiger partial charge in [-0.1, -0.05) is 12.1 Å². The Morgan fingerprint density at radius 2 is 1.94 bits per heavy atom. The standard InChI is InChI=1S/C25H25F3N6S2/c1-15-13-22(36-32-15)33-12-10-19-17(14-33)6-9-21(19)29-24-30-23-20(3-2-11-34(23)31-24)16-4-7-18(8-5-16)35-25(26,27)28/h2-5,7-8,11,13,17,19,21H,6,9-10,12,14H2,1H3,(H,29,31)/t17?,19-,21+/m0/s1. The van der Waals surface area contributed by atoms with Crippen LogP contribution in [0.3, 0.4) is 0 Å². The normalized spacial score (nSPS) is 22.2. The number of halogens is 3. The highest BCUT2D eigenvalue weighted by atomic mass is 32.2. The van der Waals surface area contributed by atoms with Crippen LogP contribution in [0, 0.1) is 18.8 Å². The van der Waals surface area contributed by atoms with Gasteiger partial charge in [0.05, 0.1) is 5.69 Å². The van der Waals surface area contributed by atoms with Gasteiger partial charge in [0.2, 0.25) is 5.95 Å². The molecular formula is C25H25F3N6S2. The van der Waals surface area contributed by atoms with Gasteiger partial charge < -0.3 is 10.2 Å². The number of piperidine rings is 1. The van der Waals surface area contributed by atoms with Gasteiger partial charge in [-0.3, -0.25) is 0 Å². The van der Waals surface area contributed by atoms with Gasteiger partial charge in [0.1, 0.15) is 5.00 Å². The van der Waals surface area contributed by atoms with Crippen LogP contribution in [0.4, 0.5) is 24.1 Å². The number of nitrogens with zero attached hydrogens (tertiary/aromatic N) is 5. The third-order valence-electron chi connectivity index (χ3n) is 7.16. The molecule has 1 aliphatic carbocycles. The molecule has 36 heavy (non-hydrogen) atoms. The minimum atomic E-state index is -4.30. The quantitative estimate of drug-likeness (QED) is 0.298. The highest BCUT2D eigenvalue weighted by Crippen LogP contribution is 2.41. The van der Waals surface area contributed by atoms with E-state index >= 15 is 0 Å². The summed E-state index contributed by atoms with van der Waals surface area (Å²) in [6.45, 7) is 4.14. The first-order valence-electron chi connectivity index (χ1n) is 12.0. The number of aromatic nitrogens is 4. The molecule has 188 valence electrons. The van der Waals surface area contributed by atoms with Crippen LogP contribution in [-0.4, -0.2) is 43.6 Å². The molecule has 2 fully saturated rings. The number of pyridine rings is 1. The van der Waals surface area contributed by atoms with E-state index in [0.29, 0.717) is 29.5 Å². The van der Waals surface area contributed by atoms with Crippen LogP contribution in [0.25, 0.3) is 16.8 Å². The fourth-order valence-corrected chi connectivity index (χ4v) is 6.90. The highest BCUT2D eigenvalue weighted by Gasteiger charge is 2.40. The Balaban J connectivity index is 1.17. The summed E-state index contributed by atoms with van der Waals surface area (Å²) < 4.78 is 44.2. The van der Waals surface area contributed by atoms with Crippen molar-refractivity contribution in [1.82, 2.24) is 19.0 Å². The number of anilines is 2.